The maximum Gasteiger partial charge on any atom is 0.197 e. The van der Waals surface area contributed by atoms with E-state index in [0.717, 1.165) is 30.0 Å². The summed E-state index contributed by atoms with van der Waals surface area (Å²) < 4.78 is 11.8. The molecule has 1 unspecified atom stereocenters. The summed E-state index contributed by atoms with van der Waals surface area (Å²) in [6, 6.07) is 12.0. The Balaban J connectivity index is 1.67. The standard InChI is InChI=1S/C22H23NO3/c1-14-4-6-20-17(8-14)11-23(10-16(3)26-20)12-18-13-25-21-7-5-15(2)9-19(21)22(18)24/h4-9,13,16H,10-12H2,1-3H3. The molecule has 2 heterocycles. The van der Waals surface area contributed by atoms with E-state index < -0.39 is 0 Å². The van der Waals surface area contributed by atoms with E-state index in [1.807, 2.05) is 31.2 Å². The van der Waals surface area contributed by atoms with Gasteiger partial charge in [0.25, 0.3) is 0 Å². The monoisotopic (exact) mass is 349 g/mol. The third-order valence-corrected chi connectivity index (χ3v) is 4.85. The van der Waals surface area contributed by atoms with E-state index in [1.165, 1.54) is 5.56 Å². The number of ether oxygens (including phenoxy) is 1. The Hall–Kier alpha value is -2.59. The van der Waals surface area contributed by atoms with Gasteiger partial charge in [0.05, 0.1) is 11.6 Å². The van der Waals surface area contributed by atoms with Gasteiger partial charge < -0.3 is 9.15 Å². The van der Waals surface area contributed by atoms with Crippen molar-refractivity contribution in [3.8, 4) is 5.75 Å². The summed E-state index contributed by atoms with van der Waals surface area (Å²) in [6.45, 7) is 8.20. The zero-order valence-corrected chi connectivity index (χ0v) is 15.4. The number of hydrogen-bond acceptors (Lipinski definition) is 4. The number of nitrogens with zero attached hydrogens (tertiary/aromatic N) is 1. The van der Waals surface area contributed by atoms with Gasteiger partial charge in [-0.15, -0.1) is 0 Å². The van der Waals surface area contributed by atoms with Crippen LogP contribution in [-0.4, -0.2) is 17.5 Å². The van der Waals surface area contributed by atoms with Crippen LogP contribution in [0.15, 0.2) is 51.9 Å². The van der Waals surface area contributed by atoms with Crippen molar-refractivity contribution in [1.29, 1.82) is 0 Å². The number of fused-ring (bicyclic) bond motifs is 2. The second-order valence-electron chi connectivity index (χ2n) is 7.30. The van der Waals surface area contributed by atoms with Gasteiger partial charge in [-0.05, 0) is 39.0 Å². The number of aryl methyl sites for hydroxylation is 2. The SMILES string of the molecule is Cc1ccc2c(c1)CN(Cc1coc3ccc(C)cc3c1=O)CC(C)O2. The maximum absolute atomic E-state index is 12.9. The van der Waals surface area contributed by atoms with Crippen molar-refractivity contribution in [2.24, 2.45) is 0 Å². The molecule has 0 bridgehead atoms. The summed E-state index contributed by atoms with van der Waals surface area (Å²) in [4.78, 5) is 15.2. The third kappa shape index (κ3) is 3.25. The molecule has 4 rings (SSSR count). The fraction of sp³-hybridized carbons (Fsp3) is 0.318. The Kier molecular flexibility index (Phi) is 4.29. The molecule has 3 aromatic rings. The minimum atomic E-state index is 0.0530. The molecule has 0 saturated heterocycles. The molecular formula is C22H23NO3. The Labute approximate surface area is 153 Å². The van der Waals surface area contributed by atoms with Crippen molar-refractivity contribution in [3.05, 3.63) is 75.1 Å². The normalized spacial score (nSPS) is 17.6. The van der Waals surface area contributed by atoms with Crippen LogP contribution in [0.5, 0.6) is 5.75 Å². The molecule has 0 N–H and O–H groups in total. The molecule has 134 valence electrons. The molecule has 1 aliphatic rings. The first kappa shape index (κ1) is 16.9. The number of rotatable bonds is 2. The van der Waals surface area contributed by atoms with Crippen LogP contribution in [0.2, 0.25) is 0 Å². The molecule has 0 spiro atoms. The second kappa shape index (κ2) is 6.61. The molecule has 0 aliphatic carbocycles. The van der Waals surface area contributed by atoms with Gasteiger partial charge in [0.1, 0.15) is 17.4 Å². The summed E-state index contributed by atoms with van der Waals surface area (Å²) in [6.07, 6.45) is 1.67. The van der Waals surface area contributed by atoms with Crippen molar-refractivity contribution in [2.75, 3.05) is 6.54 Å². The quantitative estimate of drug-likeness (QED) is 0.696. The summed E-state index contributed by atoms with van der Waals surface area (Å²) >= 11 is 0. The molecule has 26 heavy (non-hydrogen) atoms. The summed E-state index contributed by atoms with van der Waals surface area (Å²) in [5, 5.41) is 0.651. The number of benzene rings is 2. The first-order valence-corrected chi connectivity index (χ1v) is 8.99. The maximum atomic E-state index is 12.9. The van der Waals surface area contributed by atoms with Gasteiger partial charge in [-0.1, -0.05) is 29.3 Å². The molecule has 0 radical (unpaired) electrons. The predicted molar refractivity (Wildman–Crippen MR) is 103 cm³/mol. The fourth-order valence-corrected chi connectivity index (χ4v) is 3.63. The average Bonchev–Trinajstić information content (AvgIpc) is 2.75. The zero-order valence-electron chi connectivity index (χ0n) is 15.4. The Morgan fingerprint density at radius 2 is 1.88 bits per heavy atom. The molecule has 2 aromatic carbocycles. The molecule has 0 fully saturated rings. The smallest absolute Gasteiger partial charge is 0.197 e. The lowest BCUT2D eigenvalue weighted by atomic mass is 10.1. The van der Waals surface area contributed by atoms with Gasteiger partial charge in [0.15, 0.2) is 5.43 Å². The van der Waals surface area contributed by atoms with Crippen LogP contribution >= 0.6 is 0 Å². The molecule has 1 aromatic heterocycles. The van der Waals surface area contributed by atoms with Crippen molar-refractivity contribution in [3.63, 3.8) is 0 Å². The van der Waals surface area contributed by atoms with Crippen LogP contribution in [0.25, 0.3) is 11.0 Å². The predicted octanol–water partition coefficient (Wildman–Crippen LogP) is 4.19. The minimum Gasteiger partial charge on any atom is -0.489 e. The van der Waals surface area contributed by atoms with Crippen LogP contribution < -0.4 is 10.2 Å². The van der Waals surface area contributed by atoms with Gasteiger partial charge >= 0.3 is 0 Å². The van der Waals surface area contributed by atoms with Crippen LogP contribution in [-0.2, 0) is 13.1 Å². The zero-order chi connectivity index (χ0) is 18.3. The topological polar surface area (TPSA) is 42.7 Å². The van der Waals surface area contributed by atoms with Crippen molar-refractivity contribution < 1.29 is 9.15 Å². The van der Waals surface area contributed by atoms with E-state index in [-0.39, 0.29) is 11.5 Å². The van der Waals surface area contributed by atoms with Crippen molar-refractivity contribution in [2.45, 2.75) is 40.0 Å². The van der Waals surface area contributed by atoms with E-state index in [2.05, 4.69) is 30.9 Å². The Morgan fingerprint density at radius 3 is 2.73 bits per heavy atom. The van der Waals surface area contributed by atoms with Gasteiger partial charge in [-0.2, -0.15) is 0 Å². The van der Waals surface area contributed by atoms with Crippen molar-refractivity contribution >= 4 is 11.0 Å². The van der Waals surface area contributed by atoms with Crippen LogP contribution in [0, 0.1) is 13.8 Å². The first-order valence-electron chi connectivity index (χ1n) is 8.99. The van der Waals surface area contributed by atoms with E-state index >= 15 is 0 Å². The largest absolute Gasteiger partial charge is 0.489 e. The van der Waals surface area contributed by atoms with E-state index in [9.17, 15) is 4.79 Å². The van der Waals surface area contributed by atoms with Gasteiger partial charge in [0, 0.05) is 30.8 Å². The van der Waals surface area contributed by atoms with E-state index in [4.69, 9.17) is 9.15 Å². The van der Waals surface area contributed by atoms with Crippen molar-refractivity contribution in [1.82, 2.24) is 4.90 Å². The summed E-state index contributed by atoms with van der Waals surface area (Å²) in [7, 11) is 0. The number of hydrogen-bond donors (Lipinski definition) is 0. The third-order valence-electron chi connectivity index (χ3n) is 4.85. The highest BCUT2D eigenvalue weighted by molar-refractivity contribution is 5.77. The second-order valence-corrected chi connectivity index (χ2v) is 7.30. The summed E-state index contributed by atoms with van der Waals surface area (Å²) in [5.74, 6) is 0.937. The minimum absolute atomic E-state index is 0.0530. The lowest BCUT2D eigenvalue weighted by molar-refractivity contribution is 0.155. The molecule has 1 atom stereocenters. The molecule has 4 heteroatoms. The van der Waals surface area contributed by atoms with E-state index in [0.29, 0.717) is 23.1 Å². The molecule has 0 amide bonds. The van der Waals surface area contributed by atoms with Gasteiger partial charge in [-0.25, -0.2) is 0 Å². The van der Waals surface area contributed by atoms with E-state index in [1.54, 1.807) is 6.26 Å². The lowest BCUT2D eigenvalue weighted by Crippen LogP contribution is -2.32. The lowest BCUT2D eigenvalue weighted by Gasteiger charge is -2.21. The molecule has 0 saturated carbocycles. The Bertz CT molecular complexity index is 1020. The fourth-order valence-electron chi connectivity index (χ4n) is 3.63. The summed E-state index contributed by atoms with van der Waals surface area (Å²) in [5.41, 5.74) is 4.81. The molecule has 1 aliphatic heterocycles. The van der Waals surface area contributed by atoms with Gasteiger partial charge in [-0.3, -0.25) is 9.69 Å². The molecular weight excluding hydrogens is 326 g/mol. The average molecular weight is 349 g/mol. The first-order chi connectivity index (χ1) is 12.5. The highest BCUT2D eigenvalue weighted by Crippen LogP contribution is 2.27. The van der Waals surface area contributed by atoms with Crippen LogP contribution in [0.3, 0.4) is 0 Å². The van der Waals surface area contributed by atoms with Gasteiger partial charge in [0.2, 0.25) is 0 Å². The Morgan fingerprint density at radius 1 is 1.12 bits per heavy atom. The van der Waals surface area contributed by atoms with Crippen LogP contribution in [0.4, 0.5) is 0 Å². The highest BCUT2D eigenvalue weighted by Gasteiger charge is 2.21. The highest BCUT2D eigenvalue weighted by atomic mass is 16.5. The molecule has 4 nitrogen and oxygen atoms in total. The van der Waals surface area contributed by atoms with Crippen LogP contribution in [0.1, 0.15) is 29.2 Å².